The molecule has 0 amide bonds. The highest BCUT2D eigenvalue weighted by molar-refractivity contribution is 6.30. The molecule has 1 fully saturated rings. The third-order valence-corrected chi connectivity index (χ3v) is 3.87. The van der Waals surface area contributed by atoms with Crippen LogP contribution in [0.4, 0.5) is 0 Å². The Balaban J connectivity index is 1.64. The molecule has 1 saturated carbocycles. The topological polar surface area (TPSA) is 21.3 Å². The van der Waals surface area contributed by atoms with Crippen molar-refractivity contribution in [2.75, 3.05) is 13.2 Å². The minimum absolute atomic E-state index is 0.694. The van der Waals surface area contributed by atoms with Crippen molar-refractivity contribution >= 4 is 11.6 Å². The average molecular weight is 302 g/mol. The molecule has 0 aromatic heterocycles. The van der Waals surface area contributed by atoms with E-state index in [1.54, 1.807) is 0 Å². The Labute approximate surface area is 131 Å². The van der Waals surface area contributed by atoms with Gasteiger partial charge in [0.2, 0.25) is 0 Å². The van der Waals surface area contributed by atoms with E-state index in [4.69, 9.17) is 16.3 Å². The van der Waals surface area contributed by atoms with E-state index in [0.29, 0.717) is 6.61 Å². The first kappa shape index (κ1) is 14.4. The van der Waals surface area contributed by atoms with Crippen LogP contribution in [0.1, 0.15) is 24.0 Å². The molecule has 0 bridgehead atoms. The van der Waals surface area contributed by atoms with E-state index in [-0.39, 0.29) is 0 Å². The number of halogens is 1. The maximum Gasteiger partial charge on any atom is 0.122 e. The van der Waals surface area contributed by atoms with Gasteiger partial charge in [0.15, 0.2) is 0 Å². The van der Waals surface area contributed by atoms with Crippen LogP contribution < -0.4 is 10.1 Å². The monoisotopic (exact) mass is 301 g/mol. The molecule has 110 valence electrons. The molecule has 2 nitrogen and oxygen atoms in total. The third-order valence-electron chi connectivity index (χ3n) is 3.63. The molecule has 0 spiro atoms. The summed E-state index contributed by atoms with van der Waals surface area (Å²) in [5.41, 5.74) is 2.40. The Hall–Kier alpha value is -1.51. The summed E-state index contributed by atoms with van der Waals surface area (Å²) in [5.74, 6) is 0.931. The van der Waals surface area contributed by atoms with Gasteiger partial charge in [0, 0.05) is 24.0 Å². The molecule has 0 aliphatic heterocycles. The smallest absolute Gasteiger partial charge is 0.122 e. The Kier molecular flexibility index (Phi) is 4.79. The van der Waals surface area contributed by atoms with Crippen molar-refractivity contribution < 1.29 is 4.74 Å². The zero-order chi connectivity index (χ0) is 14.5. The number of nitrogens with one attached hydrogen (secondary N) is 1. The van der Waals surface area contributed by atoms with Gasteiger partial charge in [-0.1, -0.05) is 41.9 Å². The standard InChI is InChI=1S/C18H20ClNO/c19-16-6-9-18(21-11-10-20-17-7-8-17)15(13-16)12-14-4-2-1-3-5-14/h1-6,9,13,17,20H,7-8,10-12H2. The Bertz CT molecular complexity index is 581. The number of rotatable bonds is 7. The Morgan fingerprint density at radius 1 is 1.10 bits per heavy atom. The van der Waals surface area contributed by atoms with Crippen LogP contribution in [0.2, 0.25) is 5.02 Å². The quantitative estimate of drug-likeness (QED) is 0.779. The molecular weight excluding hydrogens is 282 g/mol. The molecule has 1 N–H and O–H groups in total. The maximum absolute atomic E-state index is 6.13. The number of hydrogen-bond donors (Lipinski definition) is 1. The number of hydrogen-bond acceptors (Lipinski definition) is 2. The summed E-state index contributed by atoms with van der Waals surface area (Å²) in [7, 11) is 0. The van der Waals surface area contributed by atoms with E-state index in [9.17, 15) is 0 Å². The van der Waals surface area contributed by atoms with Crippen LogP contribution in [0.25, 0.3) is 0 Å². The molecular formula is C18H20ClNO. The normalized spacial score (nSPS) is 14.1. The highest BCUT2D eigenvalue weighted by atomic mass is 35.5. The van der Waals surface area contributed by atoms with Crippen LogP contribution in [0.15, 0.2) is 48.5 Å². The molecule has 0 heterocycles. The predicted octanol–water partition coefficient (Wildman–Crippen LogP) is 4.06. The fourth-order valence-electron chi connectivity index (χ4n) is 2.35. The summed E-state index contributed by atoms with van der Waals surface area (Å²) < 4.78 is 5.92. The largest absolute Gasteiger partial charge is 0.492 e. The van der Waals surface area contributed by atoms with Gasteiger partial charge in [0.05, 0.1) is 0 Å². The molecule has 1 aliphatic rings. The summed E-state index contributed by atoms with van der Waals surface area (Å²) in [6.45, 7) is 1.60. The van der Waals surface area contributed by atoms with Crippen molar-refractivity contribution in [3.63, 3.8) is 0 Å². The van der Waals surface area contributed by atoms with Gasteiger partial charge in [-0.25, -0.2) is 0 Å². The van der Waals surface area contributed by atoms with Gasteiger partial charge >= 0.3 is 0 Å². The van der Waals surface area contributed by atoms with Crippen LogP contribution in [0, 0.1) is 0 Å². The highest BCUT2D eigenvalue weighted by Crippen LogP contribution is 2.25. The molecule has 3 rings (SSSR count). The molecule has 0 unspecified atom stereocenters. The zero-order valence-corrected chi connectivity index (χ0v) is 12.8. The molecule has 3 heteroatoms. The lowest BCUT2D eigenvalue weighted by molar-refractivity contribution is 0.311. The van der Waals surface area contributed by atoms with Gasteiger partial charge in [0.1, 0.15) is 12.4 Å². The first-order chi connectivity index (χ1) is 10.3. The Morgan fingerprint density at radius 3 is 2.67 bits per heavy atom. The van der Waals surface area contributed by atoms with Crippen molar-refractivity contribution in [1.82, 2.24) is 5.32 Å². The molecule has 1 aliphatic carbocycles. The van der Waals surface area contributed by atoms with Crippen molar-refractivity contribution in [3.8, 4) is 5.75 Å². The van der Waals surface area contributed by atoms with E-state index in [1.807, 2.05) is 24.3 Å². The van der Waals surface area contributed by atoms with Crippen molar-refractivity contribution in [2.24, 2.45) is 0 Å². The van der Waals surface area contributed by atoms with E-state index in [1.165, 1.54) is 18.4 Å². The summed E-state index contributed by atoms with van der Waals surface area (Å²) >= 11 is 6.13. The van der Waals surface area contributed by atoms with Crippen molar-refractivity contribution in [1.29, 1.82) is 0 Å². The second-order valence-corrected chi connectivity index (χ2v) is 5.93. The Morgan fingerprint density at radius 2 is 1.90 bits per heavy atom. The number of ether oxygens (including phenoxy) is 1. The zero-order valence-electron chi connectivity index (χ0n) is 12.0. The second kappa shape index (κ2) is 6.97. The average Bonchev–Trinajstić information content (AvgIpc) is 3.31. The van der Waals surface area contributed by atoms with Gasteiger partial charge in [0.25, 0.3) is 0 Å². The summed E-state index contributed by atoms with van der Waals surface area (Å²) in [6.07, 6.45) is 3.45. The lowest BCUT2D eigenvalue weighted by Crippen LogP contribution is -2.23. The molecule has 21 heavy (non-hydrogen) atoms. The van der Waals surface area contributed by atoms with Crippen LogP contribution in [-0.2, 0) is 6.42 Å². The van der Waals surface area contributed by atoms with Crippen molar-refractivity contribution in [2.45, 2.75) is 25.3 Å². The summed E-state index contributed by atoms with van der Waals surface area (Å²) in [4.78, 5) is 0. The van der Waals surface area contributed by atoms with Crippen LogP contribution >= 0.6 is 11.6 Å². The number of benzene rings is 2. The lowest BCUT2D eigenvalue weighted by Gasteiger charge is -2.12. The fraction of sp³-hybridized carbons (Fsp3) is 0.333. The minimum atomic E-state index is 0.694. The predicted molar refractivity (Wildman–Crippen MR) is 87.2 cm³/mol. The van der Waals surface area contributed by atoms with Crippen LogP contribution in [0.5, 0.6) is 5.75 Å². The van der Waals surface area contributed by atoms with Gasteiger partial charge in [-0.3, -0.25) is 0 Å². The molecule has 0 radical (unpaired) electrons. The first-order valence-corrected chi connectivity index (χ1v) is 7.87. The molecule has 0 saturated heterocycles. The summed E-state index contributed by atoms with van der Waals surface area (Å²) in [5, 5.41) is 4.21. The highest BCUT2D eigenvalue weighted by Gasteiger charge is 2.19. The van der Waals surface area contributed by atoms with Gasteiger partial charge in [-0.15, -0.1) is 0 Å². The summed E-state index contributed by atoms with van der Waals surface area (Å²) in [6, 6.07) is 17.0. The van der Waals surface area contributed by atoms with Gasteiger partial charge in [-0.2, -0.15) is 0 Å². The fourth-order valence-corrected chi connectivity index (χ4v) is 2.55. The van der Waals surface area contributed by atoms with Gasteiger partial charge in [-0.05, 0) is 42.2 Å². The lowest BCUT2D eigenvalue weighted by atomic mass is 10.0. The molecule has 2 aromatic carbocycles. The maximum atomic E-state index is 6.13. The van der Waals surface area contributed by atoms with E-state index in [0.717, 1.165) is 35.3 Å². The van der Waals surface area contributed by atoms with Crippen molar-refractivity contribution in [3.05, 3.63) is 64.7 Å². The van der Waals surface area contributed by atoms with E-state index in [2.05, 4.69) is 29.6 Å². The van der Waals surface area contributed by atoms with E-state index < -0.39 is 0 Å². The van der Waals surface area contributed by atoms with Crippen LogP contribution in [-0.4, -0.2) is 19.2 Å². The molecule has 2 aromatic rings. The third kappa shape index (κ3) is 4.48. The second-order valence-electron chi connectivity index (χ2n) is 5.49. The van der Waals surface area contributed by atoms with Gasteiger partial charge < -0.3 is 10.1 Å². The SMILES string of the molecule is Clc1ccc(OCCNC2CC2)c(Cc2ccccc2)c1. The van der Waals surface area contributed by atoms with Crippen LogP contribution in [0.3, 0.4) is 0 Å². The van der Waals surface area contributed by atoms with E-state index >= 15 is 0 Å². The molecule has 0 atom stereocenters. The minimum Gasteiger partial charge on any atom is -0.492 e. The first-order valence-electron chi connectivity index (χ1n) is 7.50.